The lowest BCUT2D eigenvalue weighted by Crippen LogP contribution is -2.37. The predicted octanol–water partition coefficient (Wildman–Crippen LogP) is 0.0719. The SMILES string of the molecule is CCOC(=O)NC(=O)NC. The van der Waals surface area contributed by atoms with Crippen molar-refractivity contribution < 1.29 is 14.3 Å². The maximum absolute atomic E-state index is 10.4. The van der Waals surface area contributed by atoms with E-state index in [1.807, 2.05) is 5.32 Å². The minimum absolute atomic E-state index is 0.253. The zero-order valence-corrected chi connectivity index (χ0v) is 5.93. The van der Waals surface area contributed by atoms with Gasteiger partial charge < -0.3 is 10.1 Å². The van der Waals surface area contributed by atoms with Crippen LogP contribution in [0.15, 0.2) is 0 Å². The van der Waals surface area contributed by atoms with Gasteiger partial charge in [0.1, 0.15) is 0 Å². The molecule has 0 unspecified atom stereocenters. The van der Waals surface area contributed by atoms with Gasteiger partial charge in [-0.25, -0.2) is 14.9 Å². The molecule has 3 amide bonds. The van der Waals surface area contributed by atoms with E-state index in [0.29, 0.717) is 0 Å². The lowest BCUT2D eigenvalue weighted by atomic mass is 10.8. The molecule has 5 heteroatoms. The van der Waals surface area contributed by atoms with Crippen LogP contribution in [0.25, 0.3) is 0 Å². The molecule has 0 saturated carbocycles. The van der Waals surface area contributed by atoms with Gasteiger partial charge in [-0.2, -0.15) is 0 Å². The number of hydrogen-bond acceptors (Lipinski definition) is 3. The quantitative estimate of drug-likeness (QED) is 0.550. The molecule has 58 valence electrons. The van der Waals surface area contributed by atoms with Crippen LogP contribution in [-0.4, -0.2) is 25.8 Å². The molecule has 2 N–H and O–H groups in total. The van der Waals surface area contributed by atoms with Crippen LogP contribution in [0.5, 0.6) is 0 Å². The first-order chi connectivity index (χ1) is 4.70. The Hall–Kier alpha value is -1.26. The largest absolute Gasteiger partial charge is 0.450 e. The molecular weight excluding hydrogens is 136 g/mol. The maximum atomic E-state index is 10.4. The van der Waals surface area contributed by atoms with E-state index in [1.54, 1.807) is 6.92 Å². The van der Waals surface area contributed by atoms with Gasteiger partial charge in [0.15, 0.2) is 0 Å². The Bertz CT molecular complexity index is 135. The Morgan fingerprint density at radius 1 is 1.50 bits per heavy atom. The molecule has 0 aliphatic heterocycles. The van der Waals surface area contributed by atoms with Crippen LogP contribution in [0.3, 0.4) is 0 Å². The number of carbonyl (C=O) groups is 2. The molecule has 0 rings (SSSR count). The van der Waals surface area contributed by atoms with Gasteiger partial charge in [0.05, 0.1) is 6.61 Å². The summed E-state index contributed by atoms with van der Waals surface area (Å²) in [6.45, 7) is 1.91. The molecule has 0 aliphatic carbocycles. The minimum atomic E-state index is -0.734. The first-order valence-electron chi connectivity index (χ1n) is 2.86. The normalized spacial score (nSPS) is 8.20. The van der Waals surface area contributed by atoms with Crippen LogP contribution < -0.4 is 10.6 Å². The molecule has 0 aromatic carbocycles. The Labute approximate surface area is 58.7 Å². The van der Waals surface area contributed by atoms with Crippen molar-refractivity contribution in [2.75, 3.05) is 13.7 Å². The fourth-order valence-corrected chi connectivity index (χ4v) is 0.322. The Balaban J connectivity index is 3.47. The first-order valence-corrected chi connectivity index (χ1v) is 2.86. The zero-order valence-electron chi connectivity index (χ0n) is 5.93. The van der Waals surface area contributed by atoms with E-state index in [1.165, 1.54) is 7.05 Å². The van der Waals surface area contributed by atoms with Gasteiger partial charge >= 0.3 is 12.1 Å². The van der Waals surface area contributed by atoms with Crippen molar-refractivity contribution in [2.24, 2.45) is 0 Å². The van der Waals surface area contributed by atoms with Gasteiger partial charge in [0, 0.05) is 7.05 Å². The molecule has 0 atom stereocenters. The van der Waals surface area contributed by atoms with Crippen LogP contribution in [0.2, 0.25) is 0 Å². The molecule has 0 aromatic heterocycles. The lowest BCUT2D eigenvalue weighted by Gasteiger charge is -2.01. The molecule has 10 heavy (non-hydrogen) atoms. The van der Waals surface area contributed by atoms with Crippen LogP contribution >= 0.6 is 0 Å². The summed E-state index contributed by atoms with van der Waals surface area (Å²) in [5, 5.41) is 4.12. The van der Waals surface area contributed by atoms with Crippen molar-refractivity contribution in [3.8, 4) is 0 Å². The molecule has 0 spiro atoms. The monoisotopic (exact) mass is 146 g/mol. The summed E-state index contributed by atoms with van der Waals surface area (Å²) >= 11 is 0. The topological polar surface area (TPSA) is 67.4 Å². The Morgan fingerprint density at radius 2 is 2.10 bits per heavy atom. The molecule has 0 aromatic rings. The number of alkyl carbamates (subject to hydrolysis) is 1. The second-order valence-corrected chi connectivity index (χ2v) is 1.42. The summed E-state index contributed by atoms with van der Waals surface area (Å²) in [6, 6.07) is -0.571. The molecule has 0 fully saturated rings. The standard InChI is InChI=1S/C5H10N2O3/c1-3-10-5(9)7-4(8)6-2/h3H2,1-2H3,(H2,6,7,8,9). The average molecular weight is 146 g/mol. The van der Waals surface area contributed by atoms with Crippen molar-refractivity contribution in [2.45, 2.75) is 6.92 Å². The van der Waals surface area contributed by atoms with E-state index >= 15 is 0 Å². The molecule has 5 nitrogen and oxygen atoms in total. The number of amides is 3. The van der Waals surface area contributed by atoms with Crippen molar-refractivity contribution in [3.63, 3.8) is 0 Å². The molecule has 0 saturated heterocycles. The summed E-state index contributed by atoms with van der Waals surface area (Å²) in [6.07, 6.45) is -0.734. The average Bonchev–Trinajstić information content (AvgIpc) is 1.88. The number of hydrogen-bond donors (Lipinski definition) is 2. The van der Waals surface area contributed by atoms with Crippen LogP contribution in [0, 0.1) is 0 Å². The third-order valence-electron chi connectivity index (χ3n) is 0.718. The summed E-state index contributed by atoms with van der Waals surface area (Å²) in [5.41, 5.74) is 0. The highest BCUT2D eigenvalue weighted by atomic mass is 16.5. The van der Waals surface area contributed by atoms with Gasteiger partial charge in [-0.15, -0.1) is 0 Å². The number of urea groups is 1. The van der Waals surface area contributed by atoms with E-state index < -0.39 is 12.1 Å². The Morgan fingerprint density at radius 3 is 2.50 bits per heavy atom. The summed E-state index contributed by atoms with van der Waals surface area (Å²) in [7, 11) is 1.41. The highest BCUT2D eigenvalue weighted by Crippen LogP contribution is 1.74. The van der Waals surface area contributed by atoms with Crippen molar-refractivity contribution in [3.05, 3.63) is 0 Å². The number of ether oxygens (including phenoxy) is 1. The summed E-state index contributed by atoms with van der Waals surface area (Å²) in [5.74, 6) is 0. The second-order valence-electron chi connectivity index (χ2n) is 1.42. The van der Waals surface area contributed by atoms with Gasteiger partial charge in [-0.05, 0) is 6.92 Å². The van der Waals surface area contributed by atoms with E-state index in [0.717, 1.165) is 0 Å². The third-order valence-corrected chi connectivity index (χ3v) is 0.718. The molecule has 0 radical (unpaired) electrons. The minimum Gasteiger partial charge on any atom is -0.450 e. The van der Waals surface area contributed by atoms with Gasteiger partial charge in [0.25, 0.3) is 0 Å². The number of rotatable bonds is 1. The van der Waals surface area contributed by atoms with Gasteiger partial charge in [0.2, 0.25) is 0 Å². The fourth-order valence-electron chi connectivity index (χ4n) is 0.322. The molecule has 0 bridgehead atoms. The van der Waals surface area contributed by atoms with Crippen molar-refractivity contribution >= 4 is 12.1 Å². The molecule has 0 heterocycles. The number of imide groups is 1. The molecular formula is C5H10N2O3. The van der Waals surface area contributed by atoms with Crippen molar-refractivity contribution in [1.29, 1.82) is 0 Å². The highest BCUT2D eigenvalue weighted by molar-refractivity contribution is 5.90. The smallest absolute Gasteiger partial charge is 0.415 e. The van der Waals surface area contributed by atoms with Gasteiger partial charge in [-0.1, -0.05) is 0 Å². The third kappa shape index (κ3) is 3.71. The van der Waals surface area contributed by atoms with Crippen LogP contribution in [0.1, 0.15) is 6.92 Å². The highest BCUT2D eigenvalue weighted by Gasteiger charge is 2.03. The van der Waals surface area contributed by atoms with Gasteiger partial charge in [-0.3, -0.25) is 0 Å². The van der Waals surface area contributed by atoms with E-state index in [-0.39, 0.29) is 6.61 Å². The Kier molecular flexibility index (Phi) is 4.02. The lowest BCUT2D eigenvalue weighted by molar-refractivity contribution is 0.153. The van der Waals surface area contributed by atoms with Crippen LogP contribution in [-0.2, 0) is 4.74 Å². The van der Waals surface area contributed by atoms with E-state index in [9.17, 15) is 9.59 Å². The van der Waals surface area contributed by atoms with E-state index in [2.05, 4.69) is 10.1 Å². The first kappa shape index (κ1) is 8.74. The molecule has 0 aliphatic rings. The predicted molar refractivity (Wildman–Crippen MR) is 34.6 cm³/mol. The van der Waals surface area contributed by atoms with Crippen LogP contribution in [0.4, 0.5) is 9.59 Å². The fraction of sp³-hybridized carbons (Fsp3) is 0.600. The number of nitrogens with one attached hydrogen (secondary N) is 2. The summed E-state index contributed by atoms with van der Waals surface area (Å²) < 4.78 is 4.40. The zero-order chi connectivity index (χ0) is 7.98. The van der Waals surface area contributed by atoms with E-state index in [4.69, 9.17) is 0 Å². The summed E-state index contributed by atoms with van der Waals surface area (Å²) in [4.78, 5) is 20.8. The number of carbonyl (C=O) groups excluding carboxylic acids is 2. The maximum Gasteiger partial charge on any atom is 0.415 e. The van der Waals surface area contributed by atoms with Crippen molar-refractivity contribution in [1.82, 2.24) is 10.6 Å². The second kappa shape index (κ2) is 4.60.